The number of fused-ring (bicyclic) bond motifs is 2. The van der Waals surface area contributed by atoms with Gasteiger partial charge in [0, 0.05) is 48.7 Å². The number of anilines is 1. The normalized spacial score (nSPS) is 20.1. The Kier molecular flexibility index (Phi) is 5.18. The minimum Gasteiger partial charge on any atom is -0.404 e. The highest BCUT2D eigenvalue weighted by Gasteiger charge is 2.46. The lowest BCUT2D eigenvalue weighted by Crippen LogP contribution is -2.40. The maximum absolute atomic E-state index is 16.0. The SMILES string of the molecule is N#CCC(N=CC(=CN)c1ncnc2[nH]ccc12)C1(F)CCN(c2nc3cccnc3o2)C1. The van der Waals surface area contributed by atoms with E-state index in [4.69, 9.17) is 10.2 Å². The summed E-state index contributed by atoms with van der Waals surface area (Å²) < 4.78 is 21.7. The number of aromatic nitrogens is 5. The number of hydrogen-bond donors (Lipinski definition) is 2. The van der Waals surface area contributed by atoms with Gasteiger partial charge in [-0.25, -0.2) is 19.3 Å². The maximum Gasteiger partial charge on any atom is 0.299 e. The molecular formula is C22H20FN9O. The molecule has 33 heavy (non-hydrogen) atoms. The Labute approximate surface area is 187 Å². The van der Waals surface area contributed by atoms with Crippen molar-refractivity contribution in [1.29, 1.82) is 5.26 Å². The van der Waals surface area contributed by atoms with Gasteiger partial charge in [-0.3, -0.25) is 4.99 Å². The number of aliphatic imine (C=N–C) groups is 1. The average molecular weight is 445 g/mol. The Hall–Kier alpha value is -4.33. The Morgan fingerprint density at radius 1 is 1.42 bits per heavy atom. The van der Waals surface area contributed by atoms with Gasteiger partial charge in [0.05, 0.1) is 30.8 Å². The molecule has 5 heterocycles. The number of oxazole rings is 1. The molecule has 0 saturated carbocycles. The molecule has 10 nitrogen and oxygen atoms in total. The van der Waals surface area contributed by atoms with E-state index in [0.29, 0.717) is 40.7 Å². The Morgan fingerprint density at radius 2 is 2.33 bits per heavy atom. The average Bonchev–Trinajstić information content (AvgIpc) is 3.57. The standard InChI is InChI=1S/C22H20FN9O/c23-22(5-9-32(12-22)21-31-16-2-1-7-27-20(16)33-21)17(3-6-24)28-11-14(10-25)18-15-4-8-26-19(15)30-13-29-18/h1-2,4,7-8,10-11,13,17H,3,5,9,12,25H2,(H,26,29,30). The lowest BCUT2D eigenvalue weighted by Gasteiger charge is -2.25. The van der Waals surface area contributed by atoms with Gasteiger partial charge in [0.25, 0.3) is 6.01 Å². The molecule has 1 fully saturated rings. The second kappa shape index (κ2) is 8.31. The zero-order valence-corrected chi connectivity index (χ0v) is 17.5. The second-order valence-corrected chi connectivity index (χ2v) is 7.77. The number of halogens is 1. The van der Waals surface area contributed by atoms with Crippen molar-refractivity contribution in [1.82, 2.24) is 24.9 Å². The van der Waals surface area contributed by atoms with Gasteiger partial charge >= 0.3 is 0 Å². The lowest BCUT2D eigenvalue weighted by atomic mass is 9.93. The zero-order chi connectivity index (χ0) is 22.8. The molecule has 4 aromatic heterocycles. The first-order chi connectivity index (χ1) is 16.1. The van der Waals surface area contributed by atoms with Crippen molar-refractivity contribution in [3.05, 3.63) is 48.8 Å². The van der Waals surface area contributed by atoms with Crippen LogP contribution in [0.2, 0.25) is 0 Å². The first-order valence-electron chi connectivity index (χ1n) is 10.4. The minimum absolute atomic E-state index is 0.000738. The van der Waals surface area contributed by atoms with E-state index in [1.165, 1.54) is 18.7 Å². The van der Waals surface area contributed by atoms with Gasteiger partial charge in [-0.15, -0.1) is 0 Å². The van der Waals surface area contributed by atoms with Crippen LogP contribution in [0.25, 0.3) is 27.8 Å². The smallest absolute Gasteiger partial charge is 0.299 e. The van der Waals surface area contributed by atoms with Crippen molar-refractivity contribution in [3.8, 4) is 6.07 Å². The molecular weight excluding hydrogens is 425 g/mol. The van der Waals surface area contributed by atoms with Gasteiger partial charge in [0.2, 0.25) is 5.71 Å². The minimum atomic E-state index is -1.74. The van der Waals surface area contributed by atoms with Gasteiger partial charge in [0.15, 0.2) is 5.67 Å². The van der Waals surface area contributed by atoms with Crippen LogP contribution in [-0.4, -0.2) is 55.9 Å². The van der Waals surface area contributed by atoms with Gasteiger partial charge < -0.3 is 20.0 Å². The molecule has 1 saturated heterocycles. The number of H-pyrrole nitrogens is 1. The number of hydrogen-bond acceptors (Lipinski definition) is 9. The van der Waals surface area contributed by atoms with E-state index in [9.17, 15) is 5.26 Å². The molecule has 11 heteroatoms. The van der Waals surface area contributed by atoms with E-state index in [2.05, 4.69) is 36.0 Å². The highest BCUT2D eigenvalue weighted by molar-refractivity contribution is 6.13. The third kappa shape index (κ3) is 3.76. The Bertz CT molecular complexity index is 1370. The van der Waals surface area contributed by atoms with Crippen molar-refractivity contribution in [3.63, 3.8) is 0 Å². The fraction of sp³-hybridized carbons (Fsp3) is 0.273. The molecule has 2 unspecified atom stereocenters. The van der Waals surface area contributed by atoms with E-state index in [1.54, 1.807) is 29.4 Å². The van der Waals surface area contributed by atoms with Crippen LogP contribution in [0.5, 0.6) is 0 Å². The Morgan fingerprint density at radius 3 is 3.15 bits per heavy atom. The highest BCUT2D eigenvalue weighted by atomic mass is 19.1. The van der Waals surface area contributed by atoms with Crippen LogP contribution >= 0.6 is 0 Å². The molecule has 1 aliphatic rings. The van der Waals surface area contributed by atoms with E-state index < -0.39 is 11.7 Å². The molecule has 0 aromatic carbocycles. The summed E-state index contributed by atoms with van der Waals surface area (Å²) in [6.07, 6.45) is 7.71. The van der Waals surface area contributed by atoms with E-state index >= 15 is 4.39 Å². The van der Waals surface area contributed by atoms with Crippen LogP contribution in [-0.2, 0) is 0 Å². The summed E-state index contributed by atoms with van der Waals surface area (Å²) >= 11 is 0. The molecule has 4 aromatic rings. The number of alkyl halides is 1. The summed E-state index contributed by atoms with van der Waals surface area (Å²) in [4.78, 5) is 26.2. The summed E-state index contributed by atoms with van der Waals surface area (Å²) in [5.74, 6) is 0. The summed E-state index contributed by atoms with van der Waals surface area (Å²) in [5, 5.41) is 10.1. The third-order valence-corrected chi connectivity index (χ3v) is 5.76. The molecule has 1 aliphatic heterocycles. The first kappa shape index (κ1) is 20.6. The predicted octanol–water partition coefficient (Wildman–Crippen LogP) is 2.77. The summed E-state index contributed by atoms with van der Waals surface area (Å²) in [6.45, 7) is 0.386. The maximum atomic E-state index is 16.0. The summed E-state index contributed by atoms with van der Waals surface area (Å²) in [6, 6.07) is 6.84. The monoisotopic (exact) mass is 445 g/mol. The molecule has 3 N–H and O–H groups in total. The van der Waals surface area contributed by atoms with Gasteiger partial charge in [0.1, 0.15) is 17.5 Å². The van der Waals surface area contributed by atoms with E-state index in [1.807, 2.05) is 6.07 Å². The molecule has 0 spiro atoms. The molecule has 0 bridgehead atoms. The molecule has 166 valence electrons. The molecule has 0 amide bonds. The molecule has 2 atom stereocenters. The number of nitriles is 1. The topological polar surface area (TPSA) is 146 Å². The van der Waals surface area contributed by atoms with Crippen molar-refractivity contribution in [2.24, 2.45) is 10.7 Å². The van der Waals surface area contributed by atoms with Crippen LogP contribution < -0.4 is 10.6 Å². The Balaban J connectivity index is 1.39. The number of rotatable bonds is 6. The highest BCUT2D eigenvalue weighted by Crippen LogP contribution is 2.36. The van der Waals surface area contributed by atoms with Crippen molar-refractivity contribution in [2.75, 3.05) is 18.0 Å². The zero-order valence-electron chi connectivity index (χ0n) is 17.5. The predicted molar refractivity (Wildman–Crippen MR) is 121 cm³/mol. The number of aromatic amines is 1. The number of nitrogens with two attached hydrogens (primary N) is 1. The second-order valence-electron chi connectivity index (χ2n) is 7.77. The number of nitrogens with one attached hydrogen (secondary N) is 1. The van der Waals surface area contributed by atoms with Crippen LogP contribution in [0.1, 0.15) is 18.5 Å². The number of nitrogens with zero attached hydrogens (tertiary/aromatic N) is 7. The van der Waals surface area contributed by atoms with Gasteiger partial charge in [-0.05, 0) is 18.2 Å². The summed E-state index contributed by atoms with van der Waals surface area (Å²) in [7, 11) is 0. The molecule has 0 aliphatic carbocycles. The molecule has 0 radical (unpaired) electrons. The summed E-state index contributed by atoms with van der Waals surface area (Å²) in [5.41, 5.74) is 6.83. The first-order valence-corrected chi connectivity index (χ1v) is 10.4. The van der Waals surface area contributed by atoms with Gasteiger partial charge in [-0.2, -0.15) is 10.2 Å². The van der Waals surface area contributed by atoms with Crippen LogP contribution in [0, 0.1) is 11.3 Å². The van der Waals surface area contributed by atoms with Crippen molar-refractivity contribution >= 4 is 40.1 Å². The quantitative estimate of drug-likeness (QED) is 0.431. The van der Waals surface area contributed by atoms with Crippen molar-refractivity contribution in [2.45, 2.75) is 24.6 Å². The number of pyridine rings is 1. The van der Waals surface area contributed by atoms with Crippen molar-refractivity contribution < 1.29 is 8.81 Å². The lowest BCUT2D eigenvalue weighted by molar-refractivity contribution is 0.154. The largest absolute Gasteiger partial charge is 0.404 e. The van der Waals surface area contributed by atoms with Crippen LogP contribution in [0.3, 0.4) is 0 Å². The van der Waals surface area contributed by atoms with Crippen LogP contribution in [0.4, 0.5) is 10.4 Å². The molecule has 5 rings (SSSR count). The van der Waals surface area contributed by atoms with Crippen LogP contribution in [0.15, 0.2) is 52.5 Å². The fourth-order valence-electron chi connectivity index (χ4n) is 4.04. The fourth-order valence-corrected chi connectivity index (χ4v) is 4.04. The van der Waals surface area contributed by atoms with E-state index in [-0.39, 0.29) is 19.4 Å². The third-order valence-electron chi connectivity index (χ3n) is 5.76. The van der Waals surface area contributed by atoms with E-state index in [0.717, 1.165) is 5.39 Å². The number of allylic oxidation sites excluding steroid dienone is 1. The van der Waals surface area contributed by atoms with Gasteiger partial charge in [-0.1, -0.05) is 0 Å².